The molecule has 6 heteroatoms. The molecule has 0 aliphatic heterocycles. The van der Waals surface area contributed by atoms with Crippen molar-refractivity contribution >= 4 is 11.6 Å². The summed E-state index contributed by atoms with van der Waals surface area (Å²) in [6, 6.07) is 23.9. The first kappa shape index (κ1) is 23.3. The summed E-state index contributed by atoms with van der Waals surface area (Å²) in [5, 5.41) is 12.0. The Morgan fingerprint density at radius 1 is 0.969 bits per heavy atom. The van der Waals surface area contributed by atoms with Gasteiger partial charge in [-0.2, -0.15) is 0 Å². The molecule has 3 aromatic carbocycles. The molecule has 0 aliphatic carbocycles. The van der Waals surface area contributed by atoms with E-state index in [0.717, 1.165) is 6.42 Å². The Hall–Kier alpha value is -3.35. The van der Waals surface area contributed by atoms with E-state index in [0.29, 0.717) is 30.4 Å². The highest BCUT2D eigenvalue weighted by Gasteiger charge is 2.27. The highest BCUT2D eigenvalue weighted by Crippen LogP contribution is 2.31. The second-order valence-electron chi connectivity index (χ2n) is 7.79. The Kier molecular flexibility index (Phi) is 7.87. The fourth-order valence-corrected chi connectivity index (χ4v) is 3.09. The minimum Gasteiger partial charge on any atom is -0.490 e. The third kappa shape index (κ3) is 6.09. The van der Waals surface area contributed by atoms with Gasteiger partial charge in [-0.1, -0.05) is 54.6 Å². The van der Waals surface area contributed by atoms with Crippen LogP contribution in [-0.4, -0.2) is 36.4 Å². The van der Waals surface area contributed by atoms with Gasteiger partial charge in [-0.15, -0.1) is 0 Å². The minimum atomic E-state index is -1.36. The predicted octanol–water partition coefficient (Wildman–Crippen LogP) is 4.02. The SMILES string of the molecule is CCOc1cc(NC(=O)[C@@](C)(N)CO)ccc1OCCc1ccc(-c2ccccc2)cc1. The van der Waals surface area contributed by atoms with Crippen molar-refractivity contribution in [3.63, 3.8) is 0 Å². The molecule has 0 aromatic heterocycles. The number of aliphatic hydroxyl groups excluding tert-OH is 1. The number of carbonyl (C=O) groups excluding carboxylic acids is 1. The van der Waals surface area contributed by atoms with E-state index in [1.165, 1.54) is 23.6 Å². The van der Waals surface area contributed by atoms with Gasteiger partial charge in [-0.3, -0.25) is 4.79 Å². The zero-order valence-electron chi connectivity index (χ0n) is 18.5. The van der Waals surface area contributed by atoms with Crippen LogP contribution in [0.4, 0.5) is 5.69 Å². The van der Waals surface area contributed by atoms with Crippen molar-refractivity contribution in [1.29, 1.82) is 0 Å². The molecule has 1 atom stereocenters. The van der Waals surface area contributed by atoms with Gasteiger partial charge in [0.1, 0.15) is 5.54 Å². The normalized spacial score (nSPS) is 12.6. The Bertz CT molecular complexity index is 1020. The van der Waals surface area contributed by atoms with E-state index in [9.17, 15) is 9.90 Å². The highest BCUT2D eigenvalue weighted by molar-refractivity contribution is 5.98. The summed E-state index contributed by atoms with van der Waals surface area (Å²) in [6.07, 6.45) is 0.751. The number of aliphatic hydroxyl groups is 1. The van der Waals surface area contributed by atoms with E-state index in [4.69, 9.17) is 15.2 Å². The average molecular weight is 435 g/mol. The molecule has 0 heterocycles. The Morgan fingerprint density at radius 3 is 2.31 bits per heavy atom. The van der Waals surface area contributed by atoms with Crippen molar-refractivity contribution in [3.8, 4) is 22.6 Å². The van der Waals surface area contributed by atoms with Crippen molar-refractivity contribution in [2.45, 2.75) is 25.8 Å². The van der Waals surface area contributed by atoms with E-state index >= 15 is 0 Å². The topological polar surface area (TPSA) is 93.8 Å². The van der Waals surface area contributed by atoms with Gasteiger partial charge in [0.05, 0.1) is 19.8 Å². The van der Waals surface area contributed by atoms with Crippen molar-refractivity contribution < 1.29 is 19.4 Å². The van der Waals surface area contributed by atoms with Crippen LogP contribution in [0.3, 0.4) is 0 Å². The fourth-order valence-electron chi connectivity index (χ4n) is 3.09. The van der Waals surface area contributed by atoms with Crippen LogP contribution in [0.2, 0.25) is 0 Å². The summed E-state index contributed by atoms with van der Waals surface area (Å²) >= 11 is 0. The third-order valence-electron chi connectivity index (χ3n) is 5.06. The first-order valence-electron chi connectivity index (χ1n) is 10.7. The molecule has 4 N–H and O–H groups in total. The zero-order chi connectivity index (χ0) is 23.0. The number of ether oxygens (including phenoxy) is 2. The molecule has 32 heavy (non-hydrogen) atoms. The van der Waals surface area contributed by atoms with E-state index < -0.39 is 18.1 Å². The zero-order valence-corrected chi connectivity index (χ0v) is 18.5. The molecular formula is C26H30N2O4. The summed E-state index contributed by atoms with van der Waals surface area (Å²) < 4.78 is 11.6. The van der Waals surface area contributed by atoms with Gasteiger partial charge >= 0.3 is 0 Å². The predicted molar refractivity (Wildman–Crippen MR) is 127 cm³/mol. The van der Waals surface area contributed by atoms with Gasteiger partial charge in [0.15, 0.2) is 11.5 Å². The maximum Gasteiger partial charge on any atom is 0.246 e. The summed E-state index contributed by atoms with van der Waals surface area (Å²) in [4.78, 5) is 12.2. The smallest absolute Gasteiger partial charge is 0.246 e. The van der Waals surface area contributed by atoms with Gasteiger partial charge in [-0.05, 0) is 42.7 Å². The number of anilines is 1. The van der Waals surface area contributed by atoms with E-state index in [1.807, 2.05) is 25.1 Å². The van der Waals surface area contributed by atoms with Gasteiger partial charge in [-0.25, -0.2) is 0 Å². The first-order chi connectivity index (χ1) is 15.4. The standard InChI is InChI=1S/C26H30N2O4/c1-3-31-24-17-22(28-25(30)26(2,27)18-29)13-14-23(24)32-16-15-19-9-11-21(12-10-19)20-7-5-4-6-8-20/h4-14,17,29H,3,15-16,18,27H2,1-2H3,(H,28,30)/t26-/m0/s1. The van der Waals surface area contributed by atoms with Crippen LogP contribution in [0.1, 0.15) is 19.4 Å². The summed E-state index contributed by atoms with van der Waals surface area (Å²) in [5.41, 5.74) is 8.49. The van der Waals surface area contributed by atoms with Crippen molar-refractivity contribution in [1.82, 2.24) is 0 Å². The number of hydrogen-bond acceptors (Lipinski definition) is 5. The average Bonchev–Trinajstić information content (AvgIpc) is 2.81. The quantitative estimate of drug-likeness (QED) is 0.448. The number of rotatable bonds is 10. The van der Waals surface area contributed by atoms with Crippen molar-refractivity contribution in [2.75, 3.05) is 25.1 Å². The fraction of sp³-hybridized carbons (Fsp3) is 0.269. The monoisotopic (exact) mass is 434 g/mol. The minimum absolute atomic E-state index is 0.454. The number of benzene rings is 3. The van der Waals surface area contributed by atoms with Crippen LogP contribution in [0.25, 0.3) is 11.1 Å². The van der Waals surface area contributed by atoms with Gasteiger partial charge < -0.3 is 25.6 Å². The van der Waals surface area contributed by atoms with Crippen molar-refractivity contribution in [2.24, 2.45) is 5.73 Å². The van der Waals surface area contributed by atoms with E-state index in [1.54, 1.807) is 18.2 Å². The molecule has 0 saturated heterocycles. The number of nitrogens with two attached hydrogens (primary N) is 1. The molecule has 6 nitrogen and oxygen atoms in total. The number of hydrogen-bond donors (Lipinski definition) is 3. The van der Waals surface area contributed by atoms with Gasteiger partial charge in [0.2, 0.25) is 5.91 Å². The Morgan fingerprint density at radius 2 is 1.66 bits per heavy atom. The lowest BCUT2D eigenvalue weighted by Crippen LogP contribution is -2.51. The lowest BCUT2D eigenvalue weighted by molar-refractivity contribution is -0.121. The van der Waals surface area contributed by atoms with Crippen LogP contribution in [0.15, 0.2) is 72.8 Å². The molecular weight excluding hydrogens is 404 g/mol. The maximum atomic E-state index is 12.2. The highest BCUT2D eigenvalue weighted by atomic mass is 16.5. The van der Waals surface area contributed by atoms with Gasteiger partial charge in [0.25, 0.3) is 0 Å². The van der Waals surface area contributed by atoms with Gasteiger partial charge in [0, 0.05) is 18.2 Å². The maximum absolute atomic E-state index is 12.2. The lowest BCUT2D eigenvalue weighted by atomic mass is 10.0. The summed E-state index contributed by atoms with van der Waals surface area (Å²) in [5.74, 6) is 0.658. The largest absolute Gasteiger partial charge is 0.490 e. The molecule has 0 bridgehead atoms. The van der Waals surface area contributed by atoms with Crippen LogP contribution in [-0.2, 0) is 11.2 Å². The number of amides is 1. The molecule has 0 spiro atoms. The summed E-state index contributed by atoms with van der Waals surface area (Å²) in [6.45, 7) is 3.84. The number of nitrogens with one attached hydrogen (secondary N) is 1. The Balaban J connectivity index is 1.61. The molecule has 0 fully saturated rings. The van der Waals surface area contributed by atoms with Crippen LogP contribution >= 0.6 is 0 Å². The molecule has 0 unspecified atom stereocenters. The first-order valence-corrected chi connectivity index (χ1v) is 10.7. The third-order valence-corrected chi connectivity index (χ3v) is 5.06. The molecule has 0 radical (unpaired) electrons. The second kappa shape index (κ2) is 10.8. The Labute approximate surface area is 189 Å². The lowest BCUT2D eigenvalue weighted by Gasteiger charge is -2.21. The molecule has 1 amide bonds. The van der Waals surface area contributed by atoms with Crippen LogP contribution < -0.4 is 20.5 Å². The number of carbonyl (C=O) groups is 1. The van der Waals surface area contributed by atoms with E-state index in [-0.39, 0.29) is 0 Å². The van der Waals surface area contributed by atoms with Crippen LogP contribution in [0.5, 0.6) is 11.5 Å². The molecule has 3 rings (SSSR count). The molecule has 0 saturated carbocycles. The molecule has 0 aliphatic rings. The second-order valence-corrected chi connectivity index (χ2v) is 7.79. The van der Waals surface area contributed by atoms with Crippen molar-refractivity contribution in [3.05, 3.63) is 78.4 Å². The van der Waals surface area contributed by atoms with Crippen LogP contribution in [0, 0.1) is 0 Å². The molecule has 3 aromatic rings. The summed E-state index contributed by atoms with van der Waals surface area (Å²) in [7, 11) is 0. The molecule has 168 valence electrons. The van der Waals surface area contributed by atoms with E-state index in [2.05, 4.69) is 41.7 Å².